The highest BCUT2D eigenvalue weighted by Gasteiger charge is 2.32. The summed E-state index contributed by atoms with van der Waals surface area (Å²) in [6, 6.07) is 15.3. The summed E-state index contributed by atoms with van der Waals surface area (Å²) in [5, 5.41) is 1.36. The molecule has 2 aromatic carbocycles. The molecular weight excluding hydrogens is 312 g/mol. The van der Waals surface area contributed by atoms with E-state index < -0.39 is 0 Å². The summed E-state index contributed by atoms with van der Waals surface area (Å²) in [4.78, 5) is 6.29. The minimum absolute atomic E-state index is 0.241. The smallest absolute Gasteiger partial charge is 0.231 e. The Bertz CT molecular complexity index is 931. The van der Waals surface area contributed by atoms with Crippen molar-refractivity contribution in [2.24, 2.45) is 0 Å². The molecule has 0 aliphatic carbocycles. The number of hydrogen-bond acceptors (Lipinski definition) is 3. The number of nitrogens with zero attached hydrogens (tertiary/aromatic N) is 1. The summed E-state index contributed by atoms with van der Waals surface area (Å²) >= 11 is 0. The lowest BCUT2D eigenvalue weighted by molar-refractivity contribution is 0.173. The van der Waals surface area contributed by atoms with E-state index in [0.29, 0.717) is 6.79 Å². The third-order valence-electron chi connectivity index (χ3n) is 5.36. The fourth-order valence-corrected chi connectivity index (χ4v) is 4.28. The third kappa shape index (κ3) is 2.32. The number of fused-ring (bicyclic) bond motifs is 4. The van der Waals surface area contributed by atoms with Crippen molar-refractivity contribution >= 4 is 10.9 Å². The van der Waals surface area contributed by atoms with Gasteiger partial charge in [-0.25, -0.2) is 0 Å². The first kappa shape index (κ1) is 14.8. The first-order valence-electron chi connectivity index (χ1n) is 9.08. The van der Waals surface area contributed by atoms with Gasteiger partial charge in [0.2, 0.25) is 6.79 Å². The molecule has 3 aromatic rings. The Labute approximate surface area is 147 Å². The molecule has 0 spiro atoms. The SMILES string of the molecule is CCCN1CCc2c([nH]c3ccccc23)C1c1ccc2c(c1)OCO2. The highest BCUT2D eigenvalue weighted by molar-refractivity contribution is 5.85. The normalized spacial score (nSPS) is 19.3. The highest BCUT2D eigenvalue weighted by atomic mass is 16.7. The van der Waals surface area contributed by atoms with E-state index in [2.05, 4.69) is 53.2 Å². The topological polar surface area (TPSA) is 37.5 Å². The zero-order valence-electron chi connectivity index (χ0n) is 14.4. The molecule has 1 unspecified atom stereocenters. The van der Waals surface area contributed by atoms with E-state index in [0.717, 1.165) is 37.4 Å². The predicted molar refractivity (Wildman–Crippen MR) is 98.3 cm³/mol. The lowest BCUT2D eigenvalue weighted by atomic mass is 9.92. The van der Waals surface area contributed by atoms with Gasteiger partial charge in [0.15, 0.2) is 11.5 Å². The predicted octanol–water partition coefficient (Wildman–Crippen LogP) is 4.25. The molecule has 1 N–H and O–H groups in total. The van der Waals surface area contributed by atoms with Crippen LogP contribution in [0.25, 0.3) is 10.9 Å². The van der Waals surface area contributed by atoms with Gasteiger partial charge in [-0.3, -0.25) is 4.90 Å². The number of para-hydroxylation sites is 1. The summed E-state index contributed by atoms with van der Waals surface area (Å²) in [5.41, 5.74) is 5.30. The van der Waals surface area contributed by atoms with E-state index in [9.17, 15) is 0 Å². The van der Waals surface area contributed by atoms with E-state index in [1.165, 1.54) is 27.7 Å². The van der Waals surface area contributed by atoms with Crippen molar-refractivity contribution in [3.05, 3.63) is 59.3 Å². The molecule has 4 heteroatoms. The third-order valence-corrected chi connectivity index (χ3v) is 5.36. The zero-order chi connectivity index (χ0) is 16.8. The van der Waals surface area contributed by atoms with Crippen molar-refractivity contribution in [3.63, 3.8) is 0 Å². The van der Waals surface area contributed by atoms with Crippen LogP contribution >= 0.6 is 0 Å². The number of rotatable bonds is 3. The van der Waals surface area contributed by atoms with Crippen molar-refractivity contribution < 1.29 is 9.47 Å². The van der Waals surface area contributed by atoms with Gasteiger partial charge in [0.1, 0.15) is 0 Å². The Kier molecular flexibility index (Phi) is 3.45. The molecule has 25 heavy (non-hydrogen) atoms. The van der Waals surface area contributed by atoms with Crippen LogP contribution < -0.4 is 9.47 Å². The molecule has 0 amide bonds. The van der Waals surface area contributed by atoms with Crippen LogP contribution in [0.2, 0.25) is 0 Å². The molecule has 0 radical (unpaired) electrons. The van der Waals surface area contributed by atoms with Crippen molar-refractivity contribution in [3.8, 4) is 11.5 Å². The molecule has 1 aromatic heterocycles. The molecular formula is C21H22N2O2. The summed E-state index contributed by atoms with van der Waals surface area (Å²) < 4.78 is 11.1. The lowest BCUT2D eigenvalue weighted by Gasteiger charge is -2.36. The Hall–Kier alpha value is -2.46. The fraction of sp³-hybridized carbons (Fsp3) is 0.333. The molecule has 4 nitrogen and oxygen atoms in total. The van der Waals surface area contributed by atoms with Crippen LogP contribution in [-0.2, 0) is 6.42 Å². The average Bonchev–Trinajstić information content (AvgIpc) is 3.25. The first-order chi connectivity index (χ1) is 12.3. The fourth-order valence-electron chi connectivity index (χ4n) is 4.28. The van der Waals surface area contributed by atoms with E-state index in [4.69, 9.17) is 9.47 Å². The van der Waals surface area contributed by atoms with Crippen LogP contribution in [0.4, 0.5) is 0 Å². The Morgan fingerprint density at radius 3 is 2.92 bits per heavy atom. The van der Waals surface area contributed by atoms with Crippen LogP contribution in [0.15, 0.2) is 42.5 Å². The molecule has 1 atom stereocenters. The quantitative estimate of drug-likeness (QED) is 0.778. The summed E-state index contributed by atoms with van der Waals surface area (Å²) in [5.74, 6) is 1.70. The van der Waals surface area contributed by atoms with Gasteiger partial charge in [0.25, 0.3) is 0 Å². The molecule has 128 valence electrons. The highest BCUT2D eigenvalue weighted by Crippen LogP contribution is 2.41. The van der Waals surface area contributed by atoms with Gasteiger partial charge < -0.3 is 14.5 Å². The Morgan fingerprint density at radius 2 is 2.00 bits per heavy atom. The minimum atomic E-state index is 0.241. The lowest BCUT2D eigenvalue weighted by Crippen LogP contribution is -2.36. The van der Waals surface area contributed by atoms with E-state index in [-0.39, 0.29) is 6.04 Å². The van der Waals surface area contributed by atoms with Gasteiger partial charge in [-0.15, -0.1) is 0 Å². The number of ether oxygens (including phenoxy) is 2. The second-order valence-electron chi connectivity index (χ2n) is 6.86. The maximum atomic E-state index is 5.62. The molecule has 5 rings (SSSR count). The average molecular weight is 334 g/mol. The summed E-state index contributed by atoms with van der Waals surface area (Å²) in [6.45, 7) is 4.74. The van der Waals surface area contributed by atoms with Gasteiger partial charge >= 0.3 is 0 Å². The maximum Gasteiger partial charge on any atom is 0.231 e. The van der Waals surface area contributed by atoms with Gasteiger partial charge in [-0.2, -0.15) is 0 Å². The van der Waals surface area contributed by atoms with Crippen LogP contribution in [-0.4, -0.2) is 29.8 Å². The van der Waals surface area contributed by atoms with E-state index >= 15 is 0 Å². The molecule has 2 aliphatic rings. The van der Waals surface area contributed by atoms with E-state index in [1.54, 1.807) is 0 Å². The van der Waals surface area contributed by atoms with Crippen molar-refractivity contribution in [1.29, 1.82) is 0 Å². The number of aromatic amines is 1. The Morgan fingerprint density at radius 1 is 1.12 bits per heavy atom. The van der Waals surface area contributed by atoms with E-state index in [1.807, 2.05) is 6.07 Å². The van der Waals surface area contributed by atoms with Crippen molar-refractivity contribution in [2.75, 3.05) is 19.9 Å². The number of hydrogen-bond donors (Lipinski definition) is 1. The maximum absolute atomic E-state index is 5.62. The number of aromatic nitrogens is 1. The number of H-pyrrole nitrogens is 1. The zero-order valence-corrected chi connectivity index (χ0v) is 14.4. The standard InChI is InChI=1S/C21H22N2O2/c1-2-10-23-11-9-16-15-5-3-4-6-17(15)22-20(16)21(23)14-7-8-18-19(12-14)25-13-24-18/h3-8,12,21-22H,2,9-11,13H2,1H3. The van der Waals surface area contributed by atoms with Gasteiger partial charge in [-0.1, -0.05) is 31.2 Å². The van der Waals surface area contributed by atoms with Gasteiger partial charge in [-0.05, 0) is 48.7 Å². The van der Waals surface area contributed by atoms with Gasteiger partial charge in [0, 0.05) is 23.1 Å². The van der Waals surface area contributed by atoms with Crippen LogP contribution in [0, 0.1) is 0 Å². The summed E-state index contributed by atoms with van der Waals surface area (Å²) in [6.07, 6.45) is 2.25. The largest absolute Gasteiger partial charge is 0.454 e. The van der Waals surface area contributed by atoms with Crippen LogP contribution in [0.3, 0.4) is 0 Å². The number of nitrogens with one attached hydrogen (secondary N) is 1. The number of benzene rings is 2. The molecule has 0 saturated carbocycles. The van der Waals surface area contributed by atoms with Crippen LogP contribution in [0.1, 0.15) is 36.2 Å². The molecule has 0 bridgehead atoms. The Balaban J connectivity index is 1.66. The minimum Gasteiger partial charge on any atom is -0.454 e. The second-order valence-corrected chi connectivity index (χ2v) is 6.86. The molecule has 2 aliphatic heterocycles. The first-order valence-corrected chi connectivity index (χ1v) is 9.08. The second kappa shape index (κ2) is 5.81. The molecule has 0 saturated heterocycles. The van der Waals surface area contributed by atoms with Crippen molar-refractivity contribution in [2.45, 2.75) is 25.8 Å². The molecule has 3 heterocycles. The van der Waals surface area contributed by atoms with Crippen LogP contribution in [0.5, 0.6) is 11.5 Å². The van der Waals surface area contributed by atoms with Gasteiger partial charge in [0.05, 0.1) is 6.04 Å². The molecule has 0 fully saturated rings. The van der Waals surface area contributed by atoms with Crippen molar-refractivity contribution in [1.82, 2.24) is 9.88 Å². The summed E-state index contributed by atoms with van der Waals surface area (Å²) in [7, 11) is 0. The monoisotopic (exact) mass is 334 g/mol.